The average Bonchev–Trinajstić information content (AvgIpc) is 2.94. The molecule has 0 amide bonds. The molecule has 3 aromatic rings. The number of phenols is 1. The van der Waals surface area contributed by atoms with Crippen molar-refractivity contribution in [3.8, 4) is 23.0 Å². The van der Waals surface area contributed by atoms with Crippen LogP contribution in [0.25, 0.3) is 0 Å². The predicted molar refractivity (Wildman–Crippen MR) is 159 cm³/mol. The van der Waals surface area contributed by atoms with Crippen LogP contribution < -0.4 is 30.1 Å². The molecule has 0 radical (unpaired) electrons. The van der Waals surface area contributed by atoms with Crippen molar-refractivity contribution in [3.05, 3.63) is 66.2 Å². The third kappa shape index (κ3) is 8.56. The molecule has 3 aromatic carbocycles. The number of hydrogen-bond donors (Lipinski definition) is 1. The van der Waals surface area contributed by atoms with E-state index in [2.05, 4.69) is 20.8 Å². The van der Waals surface area contributed by atoms with Crippen LogP contribution in [0.5, 0.6) is 23.0 Å². The lowest BCUT2D eigenvalue weighted by Gasteiger charge is -2.28. The van der Waals surface area contributed by atoms with Gasteiger partial charge in [0, 0.05) is 35.7 Å². The van der Waals surface area contributed by atoms with E-state index in [1.54, 1.807) is 21.3 Å². The molecular formula is C31H41O8P. The lowest BCUT2D eigenvalue weighted by atomic mass is 9.86. The van der Waals surface area contributed by atoms with Crippen molar-refractivity contribution in [1.82, 2.24) is 0 Å². The maximum atomic E-state index is 11.8. The summed E-state index contributed by atoms with van der Waals surface area (Å²) in [7, 11) is 3.50. The van der Waals surface area contributed by atoms with Crippen molar-refractivity contribution in [2.45, 2.75) is 26.2 Å². The second-order valence-electron chi connectivity index (χ2n) is 9.89. The lowest BCUT2D eigenvalue weighted by Crippen LogP contribution is -2.26. The summed E-state index contributed by atoms with van der Waals surface area (Å²) in [6.07, 6.45) is 0. The highest BCUT2D eigenvalue weighted by atomic mass is 31.1. The van der Waals surface area contributed by atoms with Crippen molar-refractivity contribution in [1.29, 1.82) is 0 Å². The molecule has 0 aliphatic rings. The van der Waals surface area contributed by atoms with Crippen LogP contribution in [-0.2, 0) is 24.4 Å². The third-order valence-corrected chi connectivity index (χ3v) is 8.54. The van der Waals surface area contributed by atoms with E-state index in [1.165, 1.54) is 0 Å². The summed E-state index contributed by atoms with van der Waals surface area (Å²) in [4.78, 5) is 0. The van der Waals surface area contributed by atoms with Crippen LogP contribution in [0, 0.1) is 0 Å². The van der Waals surface area contributed by atoms with Gasteiger partial charge in [-0.1, -0.05) is 57.2 Å². The van der Waals surface area contributed by atoms with E-state index in [-0.39, 0.29) is 24.8 Å². The zero-order valence-electron chi connectivity index (χ0n) is 24.3. The van der Waals surface area contributed by atoms with Gasteiger partial charge in [-0.3, -0.25) is 0 Å². The minimum atomic E-state index is -1.39. The SMILES string of the molecule is COCCOCOc1ccccc1P(c1ccccc1OCOCCOC)c1cc(OC)cc(C(C)(C)C)c1O. The number of ether oxygens (including phenoxy) is 7. The Kier molecular flexibility index (Phi) is 12.5. The Hall–Kier alpha value is -2.87. The fourth-order valence-electron chi connectivity index (χ4n) is 3.98. The molecule has 218 valence electrons. The zero-order chi connectivity index (χ0) is 29.0. The quantitative estimate of drug-likeness (QED) is 0.153. The number of rotatable bonds is 16. The van der Waals surface area contributed by atoms with Gasteiger partial charge in [0.05, 0.1) is 33.5 Å². The fourth-order valence-corrected chi connectivity index (χ4v) is 6.54. The Morgan fingerprint density at radius 3 is 1.62 bits per heavy atom. The van der Waals surface area contributed by atoms with E-state index in [0.29, 0.717) is 43.7 Å². The summed E-state index contributed by atoms with van der Waals surface area (Å²) in [6, 6.07) is 19.4. The van der Waals surface area contributed by atoms with E-state index in [4.69, 9.17) is 33.2 Å². The molecule has 1 N–H and O–H groups in total. The number of hydrogen-bond acceptors (Lipinski definition) is 8. The van der Waals surface area contributed by atoms with Crippen LogP contribution in [0.3, 0.4) is 0 Å². The van der Waals surface area contributed by atoms with Gasteiger partial charge in [0.25, 0.3) is 0 Å². The highest BCUT2D eigenvalue weighted by Crippen LogP contribution is 2.45. The Morgan fingerprint density at radius 2 is 1.18 bits per heavy atom. The summed E-state index contributed by atoms with van der Waals surface area (Å²) in [6.45, 7) is 8.10. The van der Waals surface area contributed by atoms with Gasteiger partial charge < -0.3 is 38.3 Å². The molecular weight excluding hydrogens is 531 g/mol. The maximum absolute atomic E-state index is 11.8. The van der Waals surface area contributed by atoms with Crippen molar-refractivity contribution < 1.29 is 38.3 Å². The number of para-hydroxylation sites is 2. The first-order valence-electron chi connectivity index (χ1n) is 13.1. The van der Waals surface area contributed by atoms with Crippen LogP contribution in [0.2, 0.25) is 0 Å². The summed E-state index contributed by atoms with van der Waals surface area (Å²) in [5.41, 5.74) is 0.460. The highest BCUT2D eigenvalue weighted by molar-refractivity contribution is 7.80. The van der Waals surface area contributed by atoms with Gasteiger partial charge in [-0.25, -0.2) is 0 Å². The Morgan fingerprint density at radius 1 is 0.675 bits per heavy atom. The van der Waals surface area contributed by atoms with Gasteiger partial charge in [-0.15, -0.1) is 0 Å². The number of methoxy groups -OCH3 is 3. The second kappa shape index (κ2) is 15.8. The standard InChI is InChI=1S/C31H41O8P/c1-31(2,3)24-19-23(35-6)20-29(30(24)32)40(27-13-9-7-11-25(27)38-21-36-17-15-33-4)28-14-10-8-12-26(28)39-22-37-18-16-34-5/h7-14,19-20,32H,15-18,21-22H2,1-6H3. The molecule has 0 heterocycles. The maximum Gasteiger partial charge on any atom is 0.189 e. The number of phenolic OH excluding ortho intramolecular Hbond substituents is 1. The molecule has 0 saturated heterocycles. The van der Waals surface area contributed by atoms with Crippen molar-refractivity contribution in [3.63, 3.8) is 0 Å². The molecule has 3 rings (SSSR count). The molecule has 0 aliphatic carbocycles. The van der Waals surface area contributed by atoms with Crippen LogP contribution in [0.1, 0.15) is 26.3 Å². The summed E-state index contributed by atoms with van der Waals surface area (Å²) in [5.74, 6) is 2.18. The Bertz CT molecular complexity index is 1140. The smallest absolute Gasteiger partial charge is 0.189 e. The fraction of sp³-hybridized carbons (Fsp3) is 0.419. The van der Waals surface area contributed by atoms with Gasteiger partial charge in [0.15, 0.2) is 13.6 Å². The van der Waals surface area contributed by atoms with Crippen LogP contribution in [-0.4, -0.2) is 66.4 Å². The van der Waals surface area contributed by atoms with Gasteiger partial charge in [0.1, 0.15) is 23.0 Å². The van der Waals surface area contributed by atoms with E-state index in [1.807, 2.05) is 60.7 Å². The van der Waals surface area contributed by atoms with Crippen LogP contribution in [0.15, 0.2) is 60.7 Å². The molecule has 9 heteroatoms. The van der Waals surface area contributed by atoms with E-state index in [9.17, 15) is 5.11 Å². The lowest BCUT2D eigenvalue weighted by molar-refractivity contribution is -0.00801. The first kappa shape index (κ1) is 31.7. The average molecular weight is 573 g/mol. The van der Waals surface area contributed by atoms with Crippen LogP contribution >= 0.6 is 7.92 Å². The van der Waals surface area contributed by atoms with Gasteiger partial charge in [-0.05, 0) is 37.6 Å². The van der Waals surface area contributed by atoms with Gasteiger partial charge >= 0.3 is 0 Å². The summed E-state index contributed by atoms with van der Waals surface area (Å²) < 4.78 is 39.3. The predicted octanol–water partition coefficient (Wildman–Crippen LogP) is 4.46. The van der Waals surface area contributed by atoms with E-state index in [0.717, 1.165) is 21.5 Å². The highest BCUT2D eigenvalue weighted by Gasteiger charge is 2.30. The molecule has 0 aromatic heterocycles. The molecule has 0 atom stereocenters. The van der Waals surface area contributed by atoms with Gasteiger partial charge in [-0.2, -0.15) is 0 Å². The van der Waals surface area contributed by atoms with E-state index >= 15 is 0 Å². The molecule has 8 nitrogen and oxygen atoms in total. The molecule has 0 unspecified atom stereocenters. The number of benzene rings is 3. The van der Waals surface area contributed by atoms with Crippen LogP contribution in [0.4, 0.5) is 0 Å². The first-order chi connectivity index (χ1) is 19.3. The molecule has 0 spiro atoms. The Balaban J connectivity index is 2.15. The monoisotopic (exact) mass is 572 g/mol. The molecule has 0 saturated carbocycles. The van der Waals surface area contributed by atoms with Crippen molar-refractivity contribution >= 4 is 23.8 Å². The zero-order valence-corrected chi connectivity index (χ0v) is 25.2. The molecule has 0 aliphatic heterocycles. The van der Waals surface area contributed by atoms with Crippen molar-refractivity contribution in [2.24, 2.45) is 0 Å². The minimum absolute atomic E-state index is 0.0619. The topological polar surface area (TPSA) is 84.8 Å². The minimum Gasteiger partial charge on any atom is -0.507 e. The van der Waals surface area contributed by atoms with Crippen molar-refractivity contribution in [2.75, 3.05) is 61.3 Å². The second-order valence-corrected chi connectivity index (χ2v) is 12.0. The largest absolute Gasteiger partial charge is 0.507 e. The van der Waals surface area contributed by atoms with Gasteiger partial charge in [0.2, 0.25) is 0 Å². The molecule has 40 heavy (non-hydrogen) atoms. The summed E-state index contributed by atoms with van der Waals surface area (Å²) >= 11 is 0. The molecule has 0 bridgehead atoms. The summed E-state index contributed by atoms with van der Waals surface area (Å²) in [5, 5.41) is 14.3. The molecule has 0 fully saturated rings. The first-order valence-corrected chi connectivity index (χ1v) is 14.4. The van der Waals surface area contributed by atoms with E-state index < -0.39 is 7.92 Å². The number of aromatic hydroxyl groups is 1. The Labute approximate surface area is 238 Å². The normalized spacial score (nSPS) is 11.6. The third-order valence-electron chi connectivity index (χ3n) is 6.02.